The number of nitrogens with one attached hydrogen (secondary N) is 3. The van der Waals surface area contributed by atoms with Crippen molar-refractivity contribution in [3.8, 4) is 0 Å². The van der Waals surface area contributed by atoms with E-state index in [9.17, 15) is 9.59 Å². The van der Waals surface area contributed by atoms with Crippen molar-refractivity contribution in [3.05, 3.63) is 95.6 Å². The number of urea groups is 1. The maximum absolute atomic E-state index is 12.2. The maximum Gasteiger partial charge on any atom is 0.319 e. The first kappa shape index (κ1) is 18.2. The average Bonchev–Trinajstić information content (AvgIpc) is 2.69. The van der Waals surface area contributed by atoms with Crippen molar-refractivity contribution in [1.82, 2.24) is 5.32 Å². The normalized spacial score (nSPS) is 10.1. The van der Waals surface area contributed by atoms with Crippen LogP contribution in [0.25, 0.3) is 0 Å². The predicted octanol–water partition coefficient (Wildman–Crippen LogP) is 4.57. The summed E-state index contributed by atoms with van der Waals surface area (Å²) in [6.45, 7) is 2.46. The Labute approximate surface area is 158 Å². The first-order valence-electron chi connectivity index (χ1n) is 8.67. The lowest BCUT2D eigenvalue weighted by molar-refractivity contribution is 0.102. The summed E-state index contributed by atoms with van der Waals surface area (Å²) in [5, 5.41) is 8.42. The largest absolute Gasteiger partial charge is 0.334 e. The molecule has 5 heteroatoms. The van der Waals surface area contributed by atoms with E-state index in [-0.39, 0.29) is 11.9 Å². The zero-order chi connectivity index (χ0) is 19.1. The summed E-state index contributed by atoms with van der Waals surface area (Å²) >= 11 is 0. The standard InChI is InChI=1S/C22H21N3O2/c1-16-7-5-6-8-18(16)15-23-22(27)25-20-13-11-17(12-14-20)21(26)24-19-9-3-2-4-10-19/h2-14H,15H2,1H3,(H,24,26)(H2,23,25,27). The molecule has 0 aromatic heterocycles. The summed E-state index contributed by atoms with van der Waals surface area (Å²) in [5.41, 5.74) is 4.07. The second-order valence-electron chi connectivity index (χ2n) is 6.13. The summed E-state index contributed by atoms with van der Waals surface area (Å²) in [6, 6.07) is 23.6. The van der Waals surface area contributed by atoms with E-state index in [1.807, 2.05) is 61.5 Å². The highest BCUT2D eigenvalue weighted by Gasteiger charge is 2.07. The summed E-state index contributed by atoms with van der Waals surface area (Å²) in [7, 11) is 0. The van der Waals surface area contributed by atoms with Gasteiger partial charge in [0.25, 0.3) is 5.91 Å². The van der Waals surface area contributed by atoms with E-state index >= 15 is 0 Å². The van der Waals surface area contributed by atoms with Crippen LogP contribution < -0.4 is 16.0 Å². The van der Waals surface area contributed by atoms with Crippen LogP contribution in [0.4, 0.5) is 16.2 Å². The molecular formula is C22H21N3O2. The molecular weight excluding hydrogens is 338 g/mol. The Morgan fingerprint density at radius 3 is 2.07 bits per heavy atom. The zero-order valence-electron chi connectivity index (χ0n) is 15.0. The van der Waals surface area contributed by atoms with Crippen LogP contribution in [0.15, 0.2) is 78.9 Å². The molecule has 136 valence electrons. The quantitative estimate of drug-likeness (QED) is 0.624. The molecule has 0 aliphatic heterocycles. The van der Waals surface area contributed by atoms with Crippen LogP contribution in [0.2, 0.25) is 0 Å². The van der Waals surface area contributed by atoms with Gasteiger partial charge in [-0.05, 0) is 54.4 Å². The van der Waals surface area contributed by atoms with Crippen LogP contribution in [-0.2, 0) is 6.54 Å². The lowest BCUT2D eigenvalue weighted by Gasteiger charge is -2.10. The minimum absolute atomic E-state index is 0.197. The van der Waals surface area contributed by atoms with Crippen molar-refractivity contribution in [3.63, 3.8) is 0 Å². The number of rotatable bonds is 5. The van der Waals surface area contributed by atoms with Crippen LogP contribution in [0.5, 0.6) is 0 Å². The monoisotopic (exact) mass is 359 g/mol. The van der Waals surface area contributed by atoms with Gasteiger partial charge in [-0.15, -0.1) is 0 Å². The lowest BCUT2D eigenvalue weighted by Crippen LogP contribution is -2.28. The molecule has 5 nitrogen and oxygen atoms in total. The topological polar surface area (TPSA) is 70.2 Å². The number of hydrogen-bond acceptors (Lipinski definition) is 2. The van der Waals surface area contributed by atoms with Gasteiger partial charge in [-0.2, -0.15) is 0 Å². The van der Waals surface area contributed by atoms with Gasteiger partial charge < -0.3 is 16.0 Å². The van der Waals surface area contributed by atoms with Gasteiger partial charge in [0.2, 0.25) is 0 Å². The van der Waals surface area contributed by atoms with Crippen LogP contribution in [0.1, 0.15) is 21.5 Å². The maximum atomic E-state index is 12.2. The molecule has 0 unspecified atom stereocenters. The van der Waals surface area contributed by atoms with Crippen LogP contribution in [0.3, 0.4) is 0 Å². The third-order valence-corrected chi connectivity index (χ3v) is 4.14. The molecule has 0 saturated heterocycles. The number of para-hydroxylation sites is 1. The van der Waals surface area contributed by atoms with Crippen LogP contribution in [-0.4, -0.2) is 11.9 Å². The van der Waals surface area contributed by atoms with Gasteiger partial charge in [-0.1, -0.05) is 42.5 Å². The highest BCUT2D eigenvalue weighted by Crippen LogP contribution is 2.13. The number of benzene rings is 3. The van der Waals surface area contributed by atoms with Crippen molar-refractivity contribution in [1.29, 1.82) is 0 Å². The smallest absolute Gasteiger partial charge is 0.319 e. The summed E-state index contributed by atoms with van der Waals surface area (Å²) in [6.07, 6.45) is 0. The summed E-state index contributed by atoms with van der Waals surface area (Å²) in [4.78, 5) is 24.3. The molecule has 0 fully saturated rings. The summed E-state index contributed by atoms with van der Waals surface area (Å²) < 4.78 is 0. The fraction of sp³-hybridized carbons (Fsp3) is 0.0909. The predicted molar refractivity (Wildman–Crippen MR) is 108 cm³/mol. The van der Waals surface area contributed by atoms with Gasteiger partial charge in [0.1, 0.15) is 0 Å². The minimum Gasteiger partial charge on any atom is -0.334 e. The molecule has 0 atom stereocenters. The van der Waals surface area contributed by atoms with Crippen LogP contribution in [0, 0.1) is 6.92 Å². The van der Waals surface area contributed by atoms with Gasteiger partial charge in [-0.3, -0.25) is 4.79 Å². The molecule has 0 aliphatic rings. The first-order valence-corrected chi connectivity index (χ1v) is 8.67. The highest BCUT2D eigenvalue weighted by atomic mass is 16.2. The second kappa shape index (κ2) is 8.67. The number of anilines is 2. The molecule has 0 aliphatic carbocycles. The number of carbonyl (C=O) groups is 2. The minimum atomic E-state index is -0.292. The molecule has 3 aromatic carbocycles. The highest BCUT2D eigenvalue weighted by molar-refractivity contribution is 6.04. The Kier molecular flexibility index (Phi) is 5.84. The Bertz CT molecular complexity index is 922. The van der Waals surface area contributed by atoms with Crippen molar-refractivity contribution >= 4 is 23.3 Å². The Hall–Kier alpha value is -3.60. The number of hydrogen-bond donors (Lipinski definition) is 3. The Balaban J connectivity index is 1.53. The molecule has 3 N–H and O–H groups in total. The number of amides is 3. The van der Waals surface area contributed by atoms with E-state index in [0.29, 0.717) is 17.8 Å². The van der Waals surface area contributed by atoms with E-state index in [0.717, 1.165) is 16.8 Å². The van der Waals surface area contributed by atoms with Gasteiger partial charge >= 0.3 is 6.03 Å². The van der Waals surface area contributed by atoms with Gasteiger partial charge in [0.05, 0.1) is 0 Å². The Morgan fingerprint density at radius 2 is 1.37 bits per heavy atom. The third kappa shape index (κ3) is 5.19. The van der Waals surface area contributed by atoms with E-state index in [1.54, 1.807) is 24.3 Å². The van der Waals surface area contributed by atoms with E-state index < -0.39 is 0 Å². The van der Waals surface area contributed by atoms with Crippen molar-refractivity contribution in [2.24, 2.45) is 0 Å². The van der Waals surface area contributed by atoms with Crippen molar-refractivity contribution in [2.45, 2.75) is 13.5 Å². The fourth-order valence-corrected chi connectivity index (χ4v) is 2.59. The second-order valence-corrected chi connectivity index (χ2v) is 6.13. The average molecular weight is 359 g/mol. The molecule has 0 heterocycles. The molecule has 0 spiro atoms. The number of aryl methyl sites for hydroxylation is 1. The fourth-order valence-electron chi connectivity index (χ4n) is 2.59. The van der Waals surface area contributed by atoms with Crippen molar-refractivity contribution in [2.75, 3.05) is 10.6 Å². The van der Waals surface area contributed by atoms with Crippen LogP contribution >= 0.6 is 0 Å². The van der Waals surface area contributed by atoms with E-state index in [1.165, 1.54) is 0 Å². The van der Waals surface area contributed by atoms with E-state index in [2.05, 4.69) is 16.0 Å². The molecule has 3 amide bonds. The molecule has 0 saturated carbocycles. The zero-order valence-corrected chi connectivity index (χ0v) is 15.0. The lowest BCUT2D eigenvalue weighted by atomic mass is 10.1. The molecule has 0 bridgehead atoms. The van der Waals surface area contributed by atoms with Gasteiger partial charge in [0, 0.05) is 23.5 Å². The number of carbonyl (C=O) groups excluding carboxylic acids is 2. The molecule has 0 radical (unpaired) electrons. The van der Waals surface area contributed by atoms with Crippen molar-refractivity contribution < 1.29 is 9.59 Å². The van der Waals surface area contributed by atoms with Gasteiger partial charge in [-0.25, -0.2) is 4.79 Å². The molecule has 3 rings (SSSR count). The molecule has 27 heavy (non-hydrogen) atoms. The summed E-state index contributed by atoms with van der Waals surface area (Å²) in [5.74, 6) is -0.197. The van der Waals surface area contributed by atoms with E-state index in [4.69, 9.17) is 0 Å². The van der Waals surface area contributed by atoms with Gasteiger partial charge in [0.15, 0.2) is 0 Å². The third-order valence-electron chi connectivity index (χ3n) is 4.14. The Morgan fingerprint density at radius 1 is 0.741 bits per heavy atom. The molecule has 3 aromatic rings. The first-order chi connectivity index (χ1) is 13.1. The SMILES string of the molecule is Cc1ccccc1CNC(=O)Nc1ccc(C(=O)Nc2ccccc2)cc1.